The lowest BCUT2D eigenvalue weighted by atomic mass is 10.4. The predicted octanol–water partition coefficient (Wildman–Crippen LogP) is -0.0379. The normalized spacial score (nSPS) is 11.4. The first-order valence-electron chi connectivity index (χ1n) is 5.62. The molecule has 2 N–H and O–H groups in total. The third kappa shape index (κ3) is 21.2. The minimum Gasteiger partial charge on any atom is -0.460 e. The van der Waals surface area contributed by atoms with Crippen molar-refractivity contribution in [3.05, 3.63) is 0 Å². The molecule has 6 nitrogen and oxygen atoms in total. The third-order valence-corrected chi connectivity index (χ3v) is 1.40. The first-order valence-corrected chi connectivity index (χ1v) is 5.62. The van der Waals surface area contributed by atoms with E-state index in [-0.39, 0.29) is 25.3 Å². The Morgan fingerprint density at radius 3 is 2.06 bits per heavy atom. The summed E-state index contributed by atoms with van der Waals surface area (Å²) < 4.78 is 14.4. The number of rotatable bonds is 8. The molecule has 17 heavy (non-hydrogen) atoms. The number of aliphatic hydroxyl groups is 2. The molecule has 0 aliphatic rings. The van der Waals surface area contributed by atoms with Gasteiger partial charge in [0.2, 0.25) is 0 Å². The van der Waals surface area contributed by atoms with Crippen LogP contribution in [0.15, 0.2) is 0 Å². The van der Waals surface area contributed by atoms with Crippen molar-refractivity contribution in [3.8, 4) is 0 Å². The fourth-order valence-electron chi connectivity index (χ4n) is 0.832. The summed E-state index contributed by atoms with van der Waals surface area (Å²) in [5, 5.41) is 16.2. The van der Waals surface area contributed by atoms with E-state index in [2.05, 4.69) is 4.74 Å². The van der Waals surface area contributed by atoms with Crippen molar-refractivity contribution in [3.63, 3.8) is 0 Å². The quantitative estimate of drug-likeness (QED) is 0.466. The van der Waals surface area contributed by atoms with Gasteiger partial charge in [-0.15, -0.1) is 0 Å². The molecular weight excluding hydrogens is 228 g/mol. The molecule has 0 spiro atoms. The van der Waals surface area contributed by atoms with Crippen molar-refractivity contribution in [2.24, 2.45) is 0 Å². The Morgan fingerprint density at radius 1 is 1.18 bits per heavy atom. The Bertz CT molecular complexity index is 158. The standard InChI is InChI=1S/C7H14O3.C4H10O3/c1-4-9-5-6(2)10-7(3)8;5-1-3-7-4-2-6/h6H,4-5H2,1-3H3;5-6H,1-4H2. The van der Waals surface area contributed by atoms with E-state index < -0.39 is 0 Å². The Labute approximate surface area is 102 Å². The maximum atomic E-state index is 10.3. The second kappa shape index (κ2) is 15.3. The Kier molecular flexibility index (Phi) is 16.8. The van der Waals surface area contributed by atoms with E-state index in [1.807, 2.05) is 6.92 Å². The Hall–Kier alpha value is -0.690. The summed E-state index contributed by atoms with van der Waals surface area (Å²) in [6.45, 7) is 6.93. The van der Waals surface area contributed by atoms with E-state index in [9.17, 15) is 4.79 Å². The zero-order chi connectivity index (χ0) is 13.5. The van der Waals surface area contributed by atoms with Crippen LogP contribution in [0.2, 0.25) is 0 Å². The highest BCUT2D eigenvalue weighted by molar-refractivity contribution is 5.66. The third-order valence-electron chi connectivity index (χ3n) is 1.40. The number of ether oxygens (including phenoxy) is 3. The number of hydrogen-bond acceptors (Lipinski definition) is 6. The van der Waals surface area contributed by atoms with Gasteiger partial charge in [0, 0.05) is 13.5 Å². The summed E-state index contributed by atoms with van der Waals surface area (Å²) in [5.41, 5.74) is 0. The monoisotopic (exact) mass is 252 g/mol. The van der Waals surface area contributed by atoms with Crippen molar-refractivity contribution in [2.75, 3.05) is 39.6 Å². The molecule has 0 saturated carbocycles. The second-order valence-electron chi connectivity index (χ2n) is 3.14. The van der Waals surface area contributed by atoms with Gasteiger partial charge in [0.05, 0.1) is 33.0 Å². The average molecular weight is 252 g/mol. The van der Waals surface area contributed by atoms with Crippen LogP contribution in [0.4, 0.5) is 0 Å². The van der Waals surface area contributed by atoms with Crippen molar-refractivity contribution in [1.82, 2.24) is 0 Å². The molecule has 0 aromatic rings. The first kappa shape index (κ1) is 18.7. The van der Waals surface area contributed by atoms with Gasteiger partial charge in [-0.2, -0.15) is 0 Å². The summed E-state index contributed by atoms with van der Waals surface area (Å²) in [5.74, 6) is -0.257. The predicted molar refractivity (Wildman–Crippen MR) is 62.7 cm³/mol. The highest BCUT2D eigenvalue weighted by atomic mass is 16.6. The second-order valence-corrected chi connectivity index (χ2v) is 3.14. The fraction of sp³-hybridized carbons (Fsp3) is 0.909. The minimum absolute atomic E-state index is 0.0278. The van der Waals surface area contributed by atoms with Crippen LogP contribution < -0.4 is 0 Å². The number of aliphatic hydroxyl groups excluding tert-OH is 2. The van der Waals surface area contributed by atoms with Crippen LogP contribution in [0.1, 0.15) is 20.8 Å². The molecule has 104 valence electrons. The molecule has 1 unspecified atom stereocenters. The van der Waals surface area contributed by atoms with Gasteiger partial charge in [-0.05, 0) is 13.8 Å². The summed E-state index contributed by atoms with van der Waals surface area (Å²) in [4.78, 5) is 10.3. The van der Waals surface area contributed by atoms with Gasteiger partial charge < -0.3 is 24.4 Å². The van der Waals surface area contributed by atoms with Gasteiger partial charge in [-0.1, -0.05) is 0 Å². The van der Waals surface area contributed by atoms with E-state index >= 15 is 0 Å². The van der Waals surface area contributed by atoms with E-state index in [0.717, 1.165) is 0 Å². The molecule has 0 aromatic carbocycles. The molecule has 0 aromatic heterocycles. The van der Waals surface area contributed by atoms with Crippen LogP contribution in [0.5, 0.6) is 0 Å². The molecule has 0 amide bonds. The zero-order valence-corrected chi connectivity index (χ0v) is 10.8. The van der Waals surface area contributed by atoms with Gasteiger partial charge in [0.25, 0.3) is 0 Å². The average Bonchev–Trinajstić information content (AvgIpc) is 2.27. The maximum absolute atomic E-state index is 10.3. The highest BCUT2D eigenvalue weighted by Crippen LogP contribution is 1.91. The van der Waals surface area contributed by atoms with Crippen LogP contribution in [-0.2, 0) is 19.0 Å². The summed E-state index contributed by atoms with van der Waals surface area (Å²) in [6.07, 6.45) is -0.127. The number of hydrogen-bond donors (Lipinski definition) is 2. The molecule has 0 bridgehead atoms. The smallest absolute Gasteiger partial charge is 0.302 e. The van der Waals surface area contributed by atoms with Crippen molar-refractivity contribution in [2.45, 2.75) is 26.9 Å². The Balaban J connectivity index is 0. The number of esters is 1. The molecule has 0 rings (SSSR count). The zero-order valence-electron chi connectivity index (χ0n) is 10.8. The van der Waals surface area contributed by atoms with Crippen molar-refractivity contribution < 1.29 is 29.2 Å². The lowest BCUT2D eigenvalue weighted by Crippen LogP contribution is -2.18. The van der Waals surface area contributed by atoms with Crippen LogP contribution >= 0.6 is 0 Å². The van der Waals surface area contributed by atoms with Crippen LogP contribution in [0.3, 0.4) is 0 Å². The molecule has 0 aliphatic carbocycles. The number of carbonyl (C=O) groups excluding carboxylic acids is 1. The Morgan fingerprint density at radius 2 is 1.71 bits per heavy atom. The molecule has 0 fully saturated rings. The minimum atomic E-state index is -0.257. The topological polar surface area (TPSA) is 85.2 Å². The molecule has 6 heteroatoms. The van der Waals surface area contributed by atoms with Crippen LogP contribution in [-0.4, -0.2) is 61.9 Å². The summed E-state index contributed by atoms with van der Waals surface area (Å²) in [7, 11) is 0. The van der Waals surface area contributed by atoms with Gasteiger partial charge in [0.15, 0.2) is 0 Å². The van der Waals surface area contributed by atoms with Gasteiger partial charge in [0.1, 0.15) is 6.10 Å². The molecule has 0 radical (unpaired) electrons. The van der Waals surface area contributed by atoms with Crippen molar-refractivity contribution in [1.29, 1.82) is 0 Å². The van der Waals surface area contributed by atoms with Crippen LogP contribution in [0, 0.1) is 0 Å². The van der Waals surface area contributed by atoms with E-state index in [1.54, 1.807) is 6.92 Å². The lowest BCUT2D eigenvalue weighted by molar-refractivity contribution is -0.148. The molecule has 0 heterocycles. The first-order chi connectivity index (χ1) is 8.08. The van der Waals surface area contributed by atoms with E-state index in [4.69, 9.17) is 19.7 Å². The summed E-state index contributed by atoms with van der Waals surface area (Å²) in [6, 6.07) is 0. The van der Waals surface area contributed by atoms with Gasteiger partial charge in [-0.3, -0.25) is 4.79 Å². The number of carbonyl (C=O) groups is 1. The van der Waals surface area contributed by atoms with Gasteiger partial charge >= 0.3 is 5.97 Å². The summed E-state index contributed by atoms with van der Waals surface area (Å²) >= 11 is 0. The fourth-order valence-corrected chi connectivity index (χ4v) is 0.832. The molecular formula is C11H24O6. The molecule has 0 saturated heterocycles. The lowest BCUT2D eigenvalue weighted by Gasteiger charge is -2.10. The SMILES string of the molecule is CCOCC(C)OC(C)=O.OCCOCCO. The van der Waals surface area contributed by atoms with Crippen molar-refractivity contribution >= 4 is 5.97 Å². The van der Waals surface area contributed by atoms with Crippen LogP contribution in [0.25, 0.3) is 0 Å². The van der Waals surface area contributed by atoms with E-state index in [1.165, 1.54) is 6.92 Å². The van der Waals surface area contributed by atoms with E-state index in [0.29, 0.717) is 26.4 Å². The highest BCUT2D eigenvalue weighted by Gasteiger charge is 2.03. The molecule has 0 aliphatic heterocycles. The maximum Gasteiger partial charge on any atom is 0.302 e. The molecule has 1 atom stereocenters. The largest absolute Gasteiger partial charge is 0.460 e. The van der Waals surface area contributed by atoms with Gasteiger partial charge in [-0.25, -0.2) is 0 Å².